The molecule has 1 saturated heterocycles. The number of nitrogens with zero attached hydrogens (tertiary/aromatic N) is 1. The molecule has 2 heterocycles. The summed E-state index contributed by atoms with van der Waals surface area (Å²) in [6.45, 7) is 0. The average molecular weight is 166 g/mol. The Hall–Kier alpha value is -0.700. The SMILES string of the molecule is c1ccc(NC2CSC2)nc1. The molecular formula is C8H10N2S. The molecule has 0 saturated carbocycles. The zero-order valence-electron chi connectivity index (χ0n) is 6.16. The fourth-order valence-corrected chi connectivity index (χ4v) is 1.61. The molecule has 1 aromatic heterocycles. The van der Waals surface area contributed by atoms with Crippen LogP contribution in [0.3, 0.4) is 0 Å². The van der Waals surface area contributed by atoms with Crippen molar-refractivity contribution in [3.8, 4) is 0 Å². The molecule has 0 radical (unpaired) electrons. The first kappa shape index (κ1) is 6.98. The van der Waals surface area contributed by atoms with Crippen LogP contribution in [0, 0.1) is 0 Å². The molecule has 0 aromatic carbocycles. The second-order valence-corrected chi connectivity index (χ2v) is 3.67. The molecule has 2 nitrogen and oxygen atoms in total. The molecule has 0 bridgehead atoms. The summed E-state index contributed by atoms with van der Waals surface area (Å²) in [6, 6.07) is 6.58. The number of rotatable bonds is 2. The highest BCUT2D eigenvalue weighted by atomic mass is 32.2. The normalized spacial score (nSPS) is 17.5. The van der Waals surface area contributed by atoms with Gasteiger partial charge in [0.15, 0.2) is 0 Å². The van der Waals surface area contributed by atoms with Crippen molar-refractivity contribution in [3.05, 3.63) is 24.4 Å². The van der Waals surface area contributed by atoms with E-state index in [0.717, 1.165) is 5.82 Å². The molecule has 11 heavy (non-hydrogen) atoms. The first-order valence-corrected chi connectivity index (χ1v) is 4.86. The summed E-state index contributed by atoms with van der Waals surface area (Å²) in [5.41, 5.74) is 0. The van der Waals surface area contributed by atoms with Crippen molar-refractivity contribution in [1.82, 2.24) is 4.98 Å². The lowest BCUT2D eigenvalue weighted by molar-refractivity contribution is 0.873. The van der Waals surface area contributed by atoms with E-state index in [4.69, 9.17) is 0 Å². The lowest BCUT2D eigenvalue weighted by atomic mass is 10.3. The van der Waals surface area contributed by atoms with Crippen molar-refractivity contribution in [2.45, 2.75) is 6.04 Å². The Labute approximate surface area is 70.4 Å². The van der Waals surface area contributed by atoms with Gasteiger partial charge in [0.05, 0.1) is 0 Å². The molecule has 58 valence electrons. The van der Waals surface area contributed by atoms with Crippen LogP contribution in [0.5, 0.6) is 0 Å². The van der Waals surface area contributed by atoms with Gasteiger partial charge in [-0.3, -0.25) is 0 Å². The minimum atomic E-state index is 0.648. The molecule has 1 N–H and O–H groups in total. The molecule has 0 spiro atoms. The topological polar surface area (TPSA) is 24.9 Å². The maximum Gasteiger partial charge on any atom is 0.126 e. The summed E-state index contributed by atoms with van der Waals surface area (Å²) in [7, 11) is 0. The van der Waals surface area contributed by atoms with Crippen LogP contribution in [-0.2, 0) is 0 Å². The van der Waals surface area contributed by atoms with Crippen LogP contribution in [0.4, 0.5) is 5.82 Å². The van der Waals surface area contributed by atoms with Gasteiger partial charge in [-0.25, -0.2) is 4.98 Å². The number of hydrogen-bond acceptors (Lipinski definition) is 3. The van der Waals surface area contributed by atoms with E-state index in [1.807, 2.05) is 36.2 Å². The number of pyridine rings is 1. The Bertz CT molecular complexity index is 221. The monoisotopic (exact) mass is 166 g/mol. The van der Waals surface area contributed by atoms with Crippen LogP contribution in [-0.4, -0.2) is 22.5 Å². The standard InChI is InChI=1S/C8H10N2S/c1-2-4-9-8(3-1)10-7-5-11-6-7/h1-4,7H,5-6H2,(H,9,10). The lowest BCUT2D eigenvalue weighted by Gasteiger charge is -2.26. The van der Waals surface area contributed by atoms with Crippen LogP contribution >= 0.6 is 11.8 Å². The Morgan fingerprint density at radius 1 is 1.45 bits per heavy atom. The van der Waals surface area contributed by atoms with E-state index in [1.165, 1.54) is 11.5 Å². The average Bonchev–Trinajstić information content (AvgIpc) is 1.99. The summed E-state index contributed by atoms with van der Waals surface area (Å²) in [4.78, 5) is 4.18. The highest BCUT2D eigenvalue weighted by molar-refractivity contribution is 8.00. The Balaban J connectivity index is 1.95. The van der Waals surface area contributed by atoms with Gasteiger partial charge in [0.1, 0.15) is 5.82 Å². The Morgan fingerprint density at radius 2 is 2.36 bits per heavy atom. The minimum absolute atomic E-state index is 0.648. The summed E-state index contributed by atoms with van der Waals surface area (Å²) in [5.74, 6) is 3.44. The third-order valence-electron chi connectivity index (χ3n) is 1.65. The van der Waals surface area contributed by atoms with Gasteiger partial charge in [-0.2, -0.15) is 11.8 Å². The van der Waals surface area contributed by atoms with Crippen LogP contribution in [0.15, 0.2) is 24.4 Å². The van der Waals surface area contributed by atoms with Crippen molar-refractivity contribution in [2.24, 2.45) is 0 Å². The molecule has 0 aliphatic carbocycles. The highest BCUT2D eigenvalue weighted by Gasteiger charge is 2.17. The molecule has 1 aromatic rings. The van der Waals surface area contributed by atoms with Gasteiger partial charge in [-0.15, -0.1) is 0 Å². The number of aromatic nitrogens is 1. The molecular weight excluding hydrogens is 156 g/mol. The van der Waals surface area contributed by atoms with E-state index in [1.54, 1.807) is 0 Å². The third-order valence-corrected chi connectivity index (χ3v) is 2.93. The predicted octanol–water partition coefficient (Wildman–Crippen LogP) is 1.61. The van der Waals surface area contributed by atoms with Crippen molar-refractivity contribution in [3.63, 3.8) is 0 Å². The minimum Gasteiger partial charge on any atom is -0.366 e. The summed E-state index contributed by atoms with van der Waals surface area (Å²) >= 11 is 1.97. The van der Waals surface area contributed by atoms with E-state index in [-0.39, 0.29) is 0 Å². The molecule has 0 atom stereocenters. The van der Waals surface area contributed by atoms with E-state index in [2.05, 4.69) is 10.3 Å². The van der Waals surface area contributed by atoms with Gasteiger partial charge >= 0.3 is 0 Å². The second-order valence-electron chi connectivity index (χ2n) is 2.59. The summed E-state index contributed by atoms with van der Waals surface area (Å²) in [6.07, 6.45) is 1.81. The number of anilines is 1. The number of thioether (sulfide) groups is 1. The largest absolute Gasteiger partial charge is 0.366 e. The fourth-order valence-electron chi connectivity index (χ4n) is 0.976. The molecule has 0 amide bonds. The summed E-state index contributed by atoms with van der Waals surface area (Å²) in [5, 5.41) is 3.35. The van der Waals surface area contributed by atoms with Gasteiger partial charge < -0.3 is 5.32 Å². The van der Waals surface area contributed by atoms with Crippen molar-refractivity contribution < 1.29 is 0 Å². The zero-order chi connectivity index (χ0) is 7.52. The highest BCUT2D eigenvalue weighted by Crippen LogP contribution is 2.20. The van der Waals surface area contributed by atoms with Crippen molar-refractivity contribution in [2.75, 3.05) is 16.8 Å². The van der Waals surface area contributed by atoms with Gasteiger partial charge in [-0.05, 0) is 12.1 Å². The van der Waals surface area contributed by atoms with Crippen LogP contribution in [0.2, 0.25) is 0 Å². The number of hydrogen-bond donors (Lipinski definition) is 1. The second kappa shape index (κ2) is 3.13. The molecule has 1 aliphatic rings. The lowest BCUT2D eigenvalue weighted by Crippen LogP contribution is -2.33. The quantitative estimate of drug-likeness (QED) is 0.722. The Morgan fingerprint density at radius 3 is 2.91 bits per heavy atom. The molecule has 1 fully saturated rings. The zero-order valence-corrected chi connectivity index (χ0v) is 6.97. The van der Waals surface area contributed by atoms with E-state index < -0.39 is 0 Å². The van der Waals surface area contributed by atoms with E-state index in [0.29, 0.717) is 6.04 Å². The molecule has 0 unspecified atom stereocenters. The van der Waals surface area contributed by atoms with Crippen LogP contribution < -0.4 is 5.32 Å². The van der Waals surface area contributed by atoms with Crippen molar-refractivity contribution >= 4 is 17.6 Å². The molecule has 3 heteroatoms. The maximum absolute atomic E-state index is 4.18. The number of nitrogens with one attached hydrogen (secondary N) is 1. The Kier molecular flexibility index (Phi) is 1.99. The van der Waals surface area contributed by atoms with E-state index in [9.17, 15) is 0 Å². The maximum atomic E-state index is 4.18. The first-order valence-electron chi connectivity index (χ1n) is 3.70. The van der Waals surface area contributed by atoms with Gasteiger partial charge in [0.2, 0.25) is 0 Å². The van der Waals surface area contributed by atoms with Gasteiger partial charge in [0, 0.05) is 23.7 Å². The summed E-state index contributed by atoms with van der Waals surface area (Å²) < 4.78 is 0. The third kappa shape index (κ3) is 1.66. The smallest absolute Gasteiger partial charge is 0.126 e. The van der Waals surface area contributed by atoms with E-state index >= 15 is 0 Å². The first-order chi connectivity index (χ1) is 5.45. The predicted molar refractivity (Wildman–Crippen MR) is 49.0 cm³/mol. The molecule has 2 rings (SSSR count). The van der Waals surface area contributed by atoms with Crippen molar-refractivity contribution in [1.29, 1.82) is 0 Å². The van der Waals surface area contributed by atoms with Crippen LogP contribution in [0.1, 0.15) is 0 Å². The van der Waals surface area contributed by atoms with Gasteiger partial charge in [-0.1, -0.05) is 6.07 Å². The van der Waals surface area contributed by atoms with Gasteiger partial charge in [0.25, 0.3) is 0 Å². The van der Waals surface area contributed by atoms with Crippen LogP contribution in [0.25, 0.3) is 0 Å². The molecule has 1 aliphatic heterocycles. The fraction of sp³-hybridized carbons (Fsp3) is 0.375.